The van der Waals surface area contributed by atoms with Gasteiger partial charge in [-0.3, -0.25) is 0 Å². The number of nitrogens with zero attached hydrogens (tertiary/aromatic N) is 1. The van der Waals surface area contributed by atoms with Gasteiger partial charge in [0, 0.05) is 16.3 Å². The van der Waals surface area contributed by atoms with Gasteiger partial charge < -0.3 is 9.84 Å². The Hall–Kier alpha value is -3.40. The quantitative estimate of drug-likeness (QED) is 0.588. The topological polar surface area (TPSA) is 59.4 Å². The minimum absolute atomic E-state index is 0.160. The third-order valence-electron chi connectivity index (χ3n) is 4.29. The van der Waals surface area contributed by atoms with Crippen LogP contribution in [0.2, 0.25) is 0 Å². The van der Waals surface area contributed by atoms with Gasteiger partial charge in [0.15, 0.2) is 0 Å². The predicted molar refractivity (Wildman–Crippen MR) is 98.2 cm³/mol. The molecule has 1 N–H and O–H groups in total. The molecule has 0 spiro atoms. The fourth-order valence-corrected chi connectivity index (χ4v) is 3.13. The summed E-state index contributed by atoms with van der Waals surface area (Å²) in [6.07, 6.45) is 0. The van der Waals surface area contributed by atoms with Crippen LogP contribution < -0.4 is 4.74 Å². The molecule has 0 unspecified atom stereocenters. The Balaban J connectivity index is 2.08. The van der Waals surface area contributed by atoms with Crippen molar-refractivity contribution in [3.8, 4) is 17.0 Å². The summed E-state index contributed by atoms with van der Waals surface area (Å²) in [7, 11) is 1.59. The molecule has 1 aromatic heterocycles. The van der Waals surface area contributed by atoms with E-state index in [1.807, 2.05) is 60.7 Å². The molecule has 4 nitrogen and oxygen atoms in total. The lowest BCUT2D eigenvalue weighted by Gasteiger charge is -2.14. The second kappa shape index (κ2) is 5.91. The number of aromatic carboxylic acids is 1. The lowest BCUT2D eigenvalue weighted by molar-refractivity contribution is 0.0697. The zero-order valence-corrected chi connectivity index (χ0v) is 13.6. The molecule has 1 heterocycles. The number of carboxylic acids is 1. The lowest BCUT2D eigenvalue weighted by atomic mass is 9.98. The van der Waals surface area contributed by atoms with E-state index in [1.54, 1.807) is 13.2 Å². The first kappa shape index (κ1) is 15.1. The molecular weight excluding hydrogens is 314 g/mol. The second-order valence-electron chi connectivity index (χ2n) is 5.75. The van der Waals surface area contributed by atoms with E-state index in [1.165, 1.54) is 0 Å². The maximum absolute atomic E-state index is 11.8. The van der Waals surface area contributed by atoms with E-state index in [-0.39, 0.29) is 5.56 Å². The number of benzene rings is 3. The summed E-state index contributed by atoms with van der Waals surface area (Å²) in [6, 6.07) is 20.8. The number of methoxy groups -OCH3 is 1. The zero-order chi connectivity index (χ0) is 17.4. The van der Waals surface area contributed by atoms with Crippen LogP contribution in [0.15, 0.2) is 66.7 Å². The average Bonchev–Trinajstić information content (AvgIpc) is 2.65. The molecule has 4 heteroatoms. The normalized spacial score (nSPS) is 10.9. The van der Waals surface area contributed by atoms with E-state index >= 15 is 0 Å². The highest BCUT2D eigenvalue weighted by Gasteiger charge is 2.19. The van der Waals surface area contributed by atoms with Crippen molar-refractivity contribution in [2.24, 2.45) is 0 Å². The molecule has 3 aromatic carbocycles. The smallest absolute Gasteiger partial charge is 0.337 e. The van der Waals surface area contributed by atoms with Crippen LogP contribution in [0.5, 0.6) is 5.75 Å². The average molecular weight is 329 g/mol. The summed E-state index contributed by atoms with van der Waals surface area (Å²) in [5, 5.41) is 12.4. The van der Waals surface area contributed by atoms with Gasteiger partial charge in [0.2, 0.25) is 0 Å². The number of ether oxygens (including phenoxy) is 1. The van der Waals surface area contributed by atoms with Crippen LogP contribution in [-0.2, 0) is 0 Å². The van der Waals surface area contributed by atoms with Crippen molar-refractivity contribution >= 4 is 27.6 Å². The molecule has 0 fully saturated rings. The van der Waals surface area contributed by atoms with E-state index in [2.05, 4.69) is 4.98 Å². The fourth-order valence-electron chi connectivity index (χ4n) is 3.13. The summed E-state index contributed by atoms with van der Waals surface area (Å²) in [4.78, 5) is 16.4. The number of para-hydroxylation sites is 1. The molecule has 0 saturated carbocycles. The summed E-state index contributed by atoms with van der Waals surface area (Å²) in [5.41, 5.74) is 1.99. The number of hydrogen-bond donors (Lipinski definition) is 1. The summed E-state index contributed by atoms with van der Waals surface area (Å²) in [6.45, 7) is 0. The Labute approximate surface area is 144 Å². The first-order chi connectivity index (χ1) is 12.2. The molecule has 4 rings (SSSR count). The van der Waals surface area contributed by atoms with E-state index in [4.69, 9.17) is 4.74 Å². The maximum Gasteiger partial charge on any atom is 0.337 e. The maximum atomic E-state index is 11.8. The molecule has 0 bridgehead atoms. The first-order valence-electron chi connectivity index (χ1n) is 7.88. The predicted octanol–water partition coefficient (Wildman–Crippen LogP) is 4.76. The number of rotatable bonds is 3. The number of aromatic nitrogens is 1. The van der Waals surface area contributed by atoms with Gasteiger partial charge in [0.25, 0.3) is 0 Å². The Bertz CT molecular complexity index is 1120. The van der Waals surface area contributed by atoms with E-state index in [0.29, 0.717) is 17.0 Å². The number of fused-ring (bicyclic) bond motifs is 2. The van der Waals surface area contributed by atoms with Gasteiger partial charge in [0.05, 0.1) is 23.9 Å². The molecule has 0 aliphatic carbocycles. The van der Waals surface area contributed by atoms with Crippen LogP contribution in [-0.4, -0.2) is 23.2 Å². The van der Waals surface area contributed by atoms with Crippen LogP contribution in [0, 0.1) is 0 Å². The molecule has 25 heavy (non-hydrogen) atoms. The summed E-state index contributed by atoms with van der Waals surface area (Å²) in [5.74, 6) is -0.383. The molecule has 0 aliphatic heterocycles. The molecular formula is C21H15NO3. The van der Waals surface area contributed by atoms with Crippen molar-refractivity contribution in [2.75, 3.05) is 7.11 Å². The Kier molecular flexibility index (Phi) is 3.58. The van der Waals surface area contributed by atoms with E-state index in [9.17, 15) is 9.90 Å². The Morgan fingerprint density at radius 3 is 2.44 bits per heavy atom. The summed E-state index contributed by atoms with van der Waals surface area (Å²) < 4.78 is 5.63. The van der Waals surface area contributed by atoms with Gasteiger partial charge in [-0.15, -0.1) is 0 Å². The monoisotopic (exact) mass is 329 g/mol. The van der Waals surface area contributed by atoms with Gasteiger partial charge in [-0.05, 0) is 23.6 Å². The number of carbonyl (C=O) groups is 1. The molecule has 0 amide bonds. The van der Waals surface area contributed by atoms with Crippen molar-refractivity contribution in [2.45, 2.75) is 0 Å². The van der Waals surface area contributed by atoms with Crippen molar-refractivity contribution in [3.05, 3.63) is 72.3 Å². The number of carboxylic acid groups (broad SMARTS) is 1. The highest BCUT2D eigenvalue weighted by molar-refractivity contribution is 6.03. The minimum atomic E-state index is -1.01. The van der Waals surface area contributed by atoms with Gasteiger partial charge in [0.1, 0.15) is 5.75 Å². The standard InChI is InChI=1S/C21H15NO3/c1-25-20-15-8-4-2-6-13(15)10-11-16(20)19-17(21(23)24)12-14-7-3-5-9-18(14)22-19/h2-12H,1H3,(H,23,24). The minimum Gasteiger partial charge on any atom is -0.495 e. The molecule has 0 aliphatic rings. The third-order valence-corrected chi connectivity index (χ3v) is 4.29. The fraction of sp³-hybridized carbons (Fsp3) is 0.0476. The molecule has 0 radical (unpaired) electrons. The van der Waals surface area contributed by atoms with Crippen LogP contribution >= 0.6 is 0 Å². The first-order valence-corrected chi connectivity index (χ1v) is 7.88. The van der Waals surface area contributed by atoms with Crippen LogP contribution in [0.3, 0.4) is 0 Å². The molecule has 4 aromatic rings. The van der Waals surface area contributed by atoms with Crippen LogP contribution in [0.1, 0.15) is 10.4 Å². The zero-order valence-electron chi connectivity index (χ0n) is 13.6. The van der Waals surface area contributed by atoms with E-state index < -0.39 is 5.97 Å². The van der Waals surface area contributed by atoms with E-state index in [0.717, 1.165) is 21.7 Å². The lowest BCUT2D eigenvalue weighted by Crippen LogP contribution is -2.03. The molecule has 0 saturated heterocycles. The summed E-state index contributed by atoms with van der Waals surface area (Å²) >= 11 is 0. The third kappa shape index (κ3) is 2.48. The van der Waals surface area contributed by atoms with Gasteiger partial charge in [-0.25, -0.2) is 9.78 Å². The largest absolute Gasteiger partial charge is 0.495 e. The molecule has 122 valence electrons. The van der Waals surface area contributed by atoms with Crippen molar-refractivity contribution in [1.29, 1.82) is 0 Å². The van der Waals surface area contributed by atoms with Gasteiger partial charge in [-0.2, -0.15) is 0 Å². The van der Waals surface area contributed by atoms with Crippen LogP contribution in [0.4, 0.5) is 0 Å². The van der Waals surface area contributed by atoms with Crippen molar-refractivity contribution in [3.63, 3.8) is 0 Å². The Morgan fingerprint density at radius 1 is 0.960 bits per heavy atom. The van der Waals surface area contributed by atoms with Crippen molar-refractivity contribution < 1.29 is 14.6 Å². The van der Waals surface area contributed by atoms with Crippen molar-refractivity contribution in [1.82, 2.24) is 4.98 Å². The number of pyridine rings is 1. The SMILES string of the molecule is COc1c(-c2nc3ccccc3cc2C(=O)O)ccc2ccccc12. The highest BCUT2D eigenvalue weighted by Crippen LogP contribution is 2.38. The van der Waals surface area contributed by atoms with Gasteiger partial charge >= 0.3 is 5.97 Å². The highest BCUT2D eigenvalue weighted by atomic mass is 16.5. The van der Waals surface area contributed by atoms with Gasteiger partial charge in [-0.1, -0.05) is 48.5 Å². The van der Waals surface area contributed by atoms with Crippen LogP contribution in [0.25, 0.3) is 32.9 Å². The number of hydrogen-bond acceptors (Lipinski definition) is 3. The Morgan fingerprint density at radius 2 is 1.68 bits per heavy atom. The second-order valence-corrected chi connectivity index (χ2v) is 5.75. The molecule has 0 atom stereocenters.